The molecule has 0 bridgehead atoms. The van der Waals surface area contributed by atoms with Gasteiger partial charge in [-0.1, -0.05) is 48.7 Å². The van der Waals surface area contributed by atoms with Crippen LogP contribution in [0.2, 0.25) is 0 Å². The third-order valence-electron chi connectivity index (χ3n) is 7.25. The van der Waals surface area contributed by atoms with E-state index < -0.39 is 11.8 Å². The fraction of sp³-hybridized carbons (Fsp3) is 0.500. The molecule has 1 aromatic heterocycles. The van der Waals surface area contributed by atoms with Gasteiger partial charge in [-0.15, -0.1) is 0 Å². The molecule has 2 aliphatic rings. The Labute approximate surface area is 221 Å². The van der Waals surface area contributed by atoms with Crippen LogP contribution in [0.5, 0.6) is 0 Å². The van der Waals surface area contributed by atoms with Crippen LogP contribution in [0.15, 0.2) is 47.2 Å². The van der Waals surface area contributed by atoms with Gasteiger partial charge in [0.15, 0.2) is 0 Å². The highest BCUT2D eigenvalue weighted by atomic mass is 79.9. The van der Waals surface area contributed by atoms with Crippen molar-refractivity contribution in [2.75, 3.05) is 18.4 Å². The first-order valence-electron chi connectivity index (χ1n) is 12.9. The van der Waals surface area contributed by atoms with Crippen LogP contribution in [0, 0.1) is 23.7 Å². The van der Waals surface area contributed by atoms with E-state index in [9.17, 15) is 14.4 Å². The first-order valence-corrected chi connectivity index (χ1v) is 13.7. The van der Waals surface area contributed by atoms with Crippen molar-refractivity contribution in [1.82, 2.24) is 15.2 Å². The fourth-order valence-corrected chi connectivity index (χ4v) is 5.97. The number of anilines is 1. The Morgan fingerprint density at radius 1 is 1.03 bits per heavy atom. The number of hydrogen-bond acceptors (Lipinski definition) is 4. The average molecular weight is 556 g/mol. The monoisotopic (exact) mass is 554 g/mol. The number of carbonyl (C=O) groups excluding carboxylic acids is 3. The lowest BCUT2D eigenvalue weighted by Gasteiger charge is -2.35. The second-order valence-corrected chi connectivity index (χ2v) is 11.3. The summed E-state index contributed by atoms with van der Waals surface area (Å²) >= 11 is 3.48. The van der Waals surface area contributed by atoms with Gasteiger partial charge in [0.25, 0.3) is 5.91 Å². The maximum absolute atomic E-state index is 13.5. The maximum Gasteiger partial charge on any atom is 0.256 e. The number of benzene rings is 1. The molecule has 1 saturated carbocycles. The van der Waals surface area contributed by atoms with Crippen molar-refractivity contribution >= 4 is 39.3 Å². The second-order valence-electron chi connectivity index (χ2n) is 10.4. The van der Waals surface area contributed by atoms with Gasteiger partial charge in [0, 0.05) is 48.3 Å². The number of amides is 3. The summed E-state index contributed by atoms with van der Waals surface area (Å²) in [4.78, 5) is 46.0. The number of piperidine rings is 1. The van der Waals surface area contributed by atoms with E-state index in [1.165, 1.54) is 0 Å². The highest BCUT2D eigenvalue weighted by molar-refractivity contribution is 9.10. The highest BCUT2D eigenvalue weighted by Crippen LogP contribution is 2.33. The molecule has 1 aromatic carbocycles. The maximum atomic E-state index is 13.5. The second kappa shape index (κ2) is 12.0. The third kappa shape index (κ3) is 6.52. The predicted octanol–water partition coefficient (Wildman–Crippen LogP) is 5.02. The van der Waals surface area contributed by atoms with Gasteiger partial charge in [-0.05, 0) is 60.9 Å². The molecule has 2 aromatic rings. The molecule has 4 atom stereocenters. The minimum Gasteiger partial charge on any atom is -0.352 e. The Balaban J connectivity index is 1.47. The molecule has 192 valence electrons. The zero-order chi connectivity index (χ0) is 25.7. The molecule has 7 nitrogen and oxygen atoms in total. The molecule has 0 radical (unpaired) electrons. The van der Waals surface area contributed by atoms with Gasteiger partial charge in [-0.2, -0.15) is 0 Å². The van der Waals surface area contributed by atoms with Crippen LogP contribution in [0.4, 0.5) is 5.69 Å². The molecule has 8 heteroatoms. The smallest absolute Gasteiger partial charge is 0.256 e. The van der Waals surface area contributed by atoms with E-state index in [2.05, 4.69) is 45.4 Å². The van der Waals surface area contributed by atoms with Gasteiger partial charge in [0.05, 0.1) is 11.3 Å². The number of pyridine rings is 1. The first kappa shape index (κ1) is 26.3. The number of nitrogens with one attached hydrogen (secondary N) is 2. The first-order chi connectivity index (χ1) is 17.3. The Kier molecular flexibility index (Phi) is 8.77. The van der Waals surface area contributed by atoms with E-state index in [4.69, 9.17) is 0 Å². The SMILES string of the molecule is C[C@@H]1C[C@H](C)CN(C(=O)c2cc(Br)ccc2NC(=O)C2CCCCC2C(=O)NCc2cccnc2)C1. The lowest BCUT2D eigenvalue weighted by atomic mass is 9.78. The molecule has 36 heavy (non-hydrogen) atoms. The summed E-state index contributed by atoms with van der Waals surface area (Å²) in [6.45, 7) is 6.15. The number of likely N-dealkylation sites (tertiary alicyclic amines) is 1. The van der Waals surface area contributed by atoms with Crippen LogP contribution in [0.3, 0.4) is 0 Å². The van der Waals surface area contributed by atoms with E-state index in [-0.39, 0.29) is 17.7 Å². The fourth-order valence-electron chi connectivity index (χ4n) is 5.61. The summed E-state index contributed by atoms with van der Waals surface area (Å²) in [6.07, 6.45) is 7.67. The van der Waals surface area contributed by atoms with Crippen molar-refractivity contribution in [2.24, 2.45) is 23.7 Å². The molecule has 2 N–H and O–H groups in total. The van der Waals surface area contributed by atoms with Crippen molar-refractivity contribution < 1.29 is 14.4 Å². The Hall–Kier alpha value is -2.74. The molecule has 2 unspecified atom stereocenters. The summed E-state index contributed by atoms with van der Waals surface area (Å²) in [6, 6.07) is 9.12. The number of aromatic nitrogens is 1. The molecule has 1 aliphatic heterocycles. The van der Waals surface area contributed by atoms with Crippen LogP contribution in [0.25, 0.3) is 0 Å². The molecule has 3 amide bonds. The molecular weight excluding hydrogens is 520 g/mol. The number of halogens is 1. The predicted molar refractivity (Wildman–Crippen MR) is 143 cm³/mol. The van der Waals surface area contributed by atoms with E-state index in [1.807, 2.05) is 23.1 Å². The van der Waals surface area contributed by atoms with Crippen LogP contribution in [0.1, 0.15) is 61.9 Å². The Morgan fingerprint density at radius 2 is 1.72 bits per heavy atom. The summed E-state index contributed by atoms with van der Waals surface area (Å²) < 4.78 is 0.785. The molecule has 4 rings (SSSR count). The van der Waals surface area contributed by atoms with Gasteiger partial charge >= 0.3 is 0 Å². The van der Waals surface area contributed by atoms with Gasteiger partial charge < -0.3 is 15.5 Å². The zero-order valence-corrected chi connectivity index (χ0v) is 22.6. The Bertz CT molecular complexity index is 1080. The highest BCUT2D eigenvalue weighted by Gasteiger charge is 2.36. The average Bonchev–Trinajstić information content (AvgIpc) is 2.88. The number of hydrogen-bond donors (Lipinski definition) is 2. The third-order valence-corrected chi connectivity index (χ3v) is 7.75. The van der Waals surface area contributed by atoms with Gasteiger partial charge in [0.1, 0.15) is 0 Å². The van der Waals surface area contributed by atoms with E-state index in [0.29, 0.717) is 55.6 Å². The summed E-state index contributed by atoms with van der Waals surface area (Å²) in [5, 5.41) is 5.99. The van der Waals surface area contributed by atoms with Crippen LogP contribution in [-0.4, -0.2) is 40.7 Å². The molecule has 0 spiro atoms. The standard InChI is InChI=1S/C28H35BrN4O3/c1-18-12-19(2)17-33(16-18)28(36)24-13-21(29)9-10-25(24)32-27(35)23-8-4-3-7-22(23)26(34)31-15-20-6-5-11-30-14-20/h5-6,9-11,13-14,18-19,22-23H,3-4,7-8,12,15-17H2,1-2H3,(H,31,34)(H,32,35)/t18-,19+,22?,23?. The van der Waals surface area contributed by atoms with Crippen molar-refractivity contribution in [2.45, 2.75) is 52.5 Å². The van der Waals surface area contributed by atoms with E-state index in [0.717, 1.165) is 29.3 Å². The lowest BCUT2D eigenvalue weighted by molar-refractivity contribution is -0.134. The van der Waals surface area contributed by atoms with Crippen molar-refractivity contribution in [1.29, 1.82) is 0 Å². The number of nitrogens with zero attached hydrogens (tertiary/aromatic N) is 2. The Morgan fingerprint density at radius 3 is 2.39 bits per heavy atom. The van der Waals surface area contributed by atoms with Gasteiger partial charge in [-0.3, -0.25) is 19.4 Å². The molecule has 1 saturated heterocycles. The lowest BCUT2D eigenvalue weighted by Crippen LogP contribution is -2.43. The molecule has 1 aliphatic carbocycles. The summed E-state index contributed by atoms with van der Waals surface area (Å²) in [5.74, 6) is -0.329. The van der Waals surface area contributed by atoms with Crippen LogP contribution >= 0.6 is 15.9 Å². The summed E-state index contributed by atoms with van der Waals surface area (Å²) in [5.41, 5.74) is 1.90. The van der Waals surface area contributed by atoms with Crippen molar-refractivity contribution in [3.05, 3.63) is 58.3 Å². The van der Waals surface area contributed by atoms with E-state index in [1.54, 1.807) is 24.5 Å². The van der Waals surface area contributed by atoms with Crippen LogP contribution in [-0.2, 0) is 16.1 Å². The quantitative estimate of drug-likeness (QED) is 0.524. The van der Waals surface area contributed by atoms with Crippen LogP contribution < -0.4 is 10.6 Å². The minimum atomic E-state index is -0.436. The topological polar surface area (TPSA) is 91.4 Å². The summed E-state index contributed by atoms with van der Waals surface area (Å²) in [7, 11) is 0. The van der Waals surface area contributed by atoms with Crippen molar-refractivity contribution in [3.8, 4) is 0 Å². The molecular formula is C28H35BrN4O3. The minimum absolute atomic E-state index is 0.0700. The largest absolute Gasteiger partial charge is 0.352 e. The van der Waals surface area contributed by atoms with Gasteiger partial charge in [0.2, 0.25) is 11.8 Å². The van der Waals surface area contributed by atoms with E-state index >= 15 is 0 Å². The molecule has 2 fully saturated rings. The number of carbonyl (C=O) groups is 3. The number of rotatable bonds is 6. The van der Waals surface area contributed by atoms with Crippen molar-refractivity contribution in [3.63, 3.8) is 0 Å². The zero-order valence-electron chi connectivity index (χ0n) is 21.0. The normalized spacial score (nSPS) is 24.1. The van der Waals surface area contributed by atoms with Gasteiger partial charge in [-0.25, -0.2) is 0 Å². The molecule has 2 heterocycles.